The maximum atomic E-state index is 8.73. The number of aromatic nitrogens is 2. The van der Waals surface area contributed by atoms with E-state index in [9.17, 15) is 0 Å². The average Bonchev–Trinajstić information content (AvgIpc) is 2.76. The van der Waals surface area contributed by atoms with Gasteiger partial charge < -0.3 is 5.73 Å². The van der Waals surface area contributed by atoms with E-state index in [1.165, 1.54) is 0 Å². The molecule has 0 aliphatic carbocycles. The van der Waals surface area contributed by atoms with Crippen LogP contribution >= 0.6 is 0 Å². The fourth-order valence-electron chi connectivity index (χ4n) is 1.48. The third-order valence-electron chi connectivity index (χ3n) is 2.43. The van der Waals surface area contributed by atoms with Gasteiger partial charge in [-0.3, -0.25) is 15.9 Å². The molecule has 0 fully saturated rings. The van der Waals surface area contributed by atoms with E-state index < -0.39 is 0 Å². The number of hydrogen-bond acceptors (Lipinski definition) is 5. The van der Waals surface area contributed by atoms with Gasteiger partial charge in [-0.25, -0.2) is 0 Å². The number of nitriles is 1. The third kappa shape index (κ3) is 2.12. The van der Waals surface area contributed by atoms with Gasteiger partial charge in [-0.1, -0.05) is 0 Å². The number of nitrogens with one attached hydrogen (secondary N) is 3. The van der Waals surface area contributed by atoms with Gasteiger partial charge >= 0.3 is 0 Å². The summed E-state index contributed by atoms with van der Waals surface area (Å²) in [5.41, 5.74) is 10.4. The van der Waals surface area contributed by atoms with Crippen molar-refractivity contribution in [2.45, 2.75) is 6.92 Å². The molecule has 90 valence electrons. The first-order chi connectivity index (χ1) is 8.61. The van der Waals surface area contributed by atoms with E-state index in [0.29, 0.717) is 0 Å². The number of anilines is 1. The van der Waals surface area contributed by atoms with Crippen LogP contribution in [0, 0.1) is 23.7 Å². The number of nitrogens with zero attached hydrogens (tertiary/aromatic N) is 3. The van der Waals surface area contributed by atoms with Crippen molar-refractivity contribution in [2.75, 3.05) is 5.43 Å². The zero-order valence-corrected chi connectivity index (χ0v) is 9.65. The molecule has 2 rings (SSSR count). The summed E-state index contributed by atoms with van der Waals surface area (Å²) in [7, 11) is 0. The quantitative estimate of drug-likeness (QED) is 0.364. The van der Waals surface area contributed by atoms with Crippen LogP contribution in [0.4, 0.5) is 5.69 Å². The van der Waals surface area contributed by atoms with Gasteiger partial charge in [-0.05, 0) is 24.6 Å². The van der Waals surface area contributed by atoms with E-state index in [2.05, 4.69) is 20.7 Å². The van der Waals surface area contributed by atoms with Crippen LogP contribution in [-0.4, -0.2) is 21.7 Å². The molecule has 0 saturated heterocycles. The van der Waals surface area contributed by atoms with Crippen LogP contribution < -0.4 is 11.2 Å². The minimum Gasteiger partial charge on any atom is -0.382 e. The van der Waals surface area contributed by atoms with Gasteiger partial charge in [0.2, 0.25) is 5.71 Å². The molecule has 0 amide bonds. The van der Waals surface area contributed by atoms with Crippen molar-refractivity contribution < 1.29 is 0 Å². The largest absolute Gasteiger partial charge is 0.382 e. The Kier molecular flexibility index (Phi) is 2.93. The number of benzene rings is 1. The molecule has 0 spiro atoms. The van der Waals surface area contributed by atoms with Crippen molar-refractivity contribution in [1.82, 2.24) is 10.2 Å². The SMILES string of the molecule is Cc1cc2[nH]ncc2cc1N/N=C(\C#N)C(=N)N. The van der Waals surface area contributed by atoms with Gasteiger partial charge in [-0.2, -0.15) is 15.5 Å². The summed E-state index contributed by atoms with van der Waals surface area (Å²) in [5, 5.41) is 27.4. The summed E-state index contributed by atoms with van der Waals surface area (Å²) >= 11 is 0. The van der Waals surface area contributed by atoms with Crippen molar-refractivity contribution in [1.29, 1.82) is 10.7 Å². The van der Waals surface area contributed by atoms with Crippen LogP contribution in [-0.2, 0) is 0 Å². The molecule has 0 aliphatic rings. The normalized spacial score (nSPS) is 11.2. The van der Waals surface area contributed by atoms with E-state index in [1.807, 2.05) is 19.1 Å². The Balaban J connectivity index is 2.34. The average molecular weight is 241 g/mol. The van der Waals surface area contributed by atoms with Crippen LogP contribution in [0.3, 0.4) is 0 Å². The molecule has 0 radical (unpaired) electrons. The molecular formula is C11H11N7. The molecule has 0 aliphatic heterocycles. The fraction of sp³-hybridized carbons (Fsp3) is 0.0909. The monoisotopic (exact) mass is 241 g/mol. The Morgan fingerprint density at radius 2 is 2.39 bits per heavy atom. The highest BCUT2D eigenvalue weighted by atomic mass is 15.3. The van der Waals surface area contributed by atoms with E-state index in [4.69, 9.17) is 16.4 Å². The molecule has 0 bridgehead atoms. The molecule has 0 saturated carbocycles. The molecule has 0 unspecified atom stereocenters. The highest BCUT2D eigenvalue weighted by Gasteiger charge is 2.04. The standard InChI is InChI=1S/C11H11N7/c1-6-2-9-7(5-15-16-9)3-8(6)17-18-10(4-12)11(13)14/h2-3,5,17H,1H3,(H3,13,14)(H,15,16)/b18-10+. The number of amidine groups is 1. The molecule has 1 aromatic heterocycles. The number of fused-ring (bicyclic) bond motifs is 1. The van der Waals surface area contributed by atoms with Crippen molar-refractivity contribution in [3.8, 4) is 6.07 Å². The molecule has 7 heteroatoms. The van der Waals surface area contributed by atoms with Crippen LogP contribution in [0.25, 0.3) is 10.9 Å². The van der Waals surface area contributed by atoms with Gasteiger partial charge in [-0.15, -0.1) is 0 Å². The number of nitrogens with two attached hydrogens (primary N) is 1. The summed E-state index contributed by atoms with van der Waals surface area (Å²) in [4.78, 5) is 0. The van der Waals surface area contributed by atoms with Gasteiger partial charge in [0, 0.05) is 5.39 Å². The van der Waals surface area contributed by atoms with E-state index in [0.717, 1.165) is 22.2 Å². The third-order valence-corrected chi connectivity index (χ3v) is 2.43. The first kappa shape index (κ1) is 11.6. The van der Waals surface area contributed by atoms with Crippen molar-refractivity contribution in [3.63, 3.8) is 0 Å². The number of rotatable bonds is 3. The van der Waals surface area contributed by atoms with E-state index in [-0.39, 0.29) is 11.5 Å². The predicted octanol–water partition coefficient (Wildman–Crippen LogP) is 1.10. The summed E-state index contributed by atoms with van der Waals surface area (Å²) < 4.78 is 0. The summed E-state index contributed by atoms with van der Waals surface area (Å²) in [5.74, 6) is -0.368. The lowest BCUT2D eigenvalue weighted by atomic mass is 10.1. The molecule has 7 nitrogen and oxygen atoms in total. The zero-order valence-electron chi connectivity index (χ0n) is 9.65. The number of hydrazone groups is 1. The lowest BCUT2D eigenvalue weighted by Gasteiger charge is -2.05. The van der Waals surface area contributed by atoms with Crippen molar-refractivity contribution in [3.05, 3.63) is 23.9 Å². The molecule has 1 aromatic carbocycles. The van der Waals surface area contributed by atoms with Crippen LogP contribution in [0.15, 0.2) is 23.4 Å². The van der Waals surface area contributed by atoms with Crippen molar-refractivity contribution >= 4 is 28.1 Å². The van der Waals surface area contributed by atoms with Gasteiger partial charge in [0.05, 0.1) is 17.4 Å². The Labute approximate surface area is 103 Å². The second-order valence-corrected chi connectivity index (χ2v) is 3.72. The number of aromatic amines is 1. The second-order valence-electron chi connectivity index (χ2n) is 3.72. The summed E-state index contributed by atoms with van der Waals surface area (Å²) in [6.07, 6.45) is 1.69. The van der Waals surface area contributed by atoms with E-state index in [1.54, 1.807) is 12.3 Å². The Morgan fingerprint density at radius 3 is 3.06 bits per heavy atom. The minimum absolute atomic E-state index is 0.151. The lowest BCUT2D eigenvalue weighted by Crippen LogP contribution is -2.21. The highest BCUT2D eigenvalue weighted by molar-refractivity contribution is 6.45. The zero-order chi connectivity index (χ0) is 13.1. The first-order valence-electron chi connectivity index (χ1n) is 5.13. The first-order valence-corrected chi connectivity index (χ1v) is 5.13. The van der Waals surface area contributed by atoms with E-state index >= 15 is 0 Å². The van der Waals surface area contributed by atoms with Gasteiger partial charge in [0.25, 0.3) is 0 Å². The number of hydrogen-bond donors (Lipinski definition) is 4. The van der Waals surface area contributed by atoms with Crippen LogP contribution in [0.1, 0.15) is 5.56 Å². The maximum absolute atomic E-state index is 8.73. The summed E-state index contributed by atoms with van der Waals surface area (Å²) in [6, 6.07) is 5.51. The topological polar surface area (TPSA) is 127 Å². The maximum Gasteiger partial charge on any atom is 0.201 e. The highest BCUT2D eigenvalue weighted by Crippen LogP contribution is 2.21. The second kappa shape index (κ2) is 4.55. The van der Waals surface area contributed by atoms with Gasteiger partial charge in [0.15, 0.2) is 5.84 Å². The molecular weight excluding hydrogens is 230 g/mol. The lowest BCUT2D eigenvalue weighted by molar-refractivity contribution is 1.12. The van der Waals surface area contributed by atoms with Crippen LogP contribution in [0.2, 0.25) is 0 Å². The van der Waals surface area contributed by atoms with Gasteiger partial charge in [0.1, 0.15) is 6.07 Å². The molecule has 2 aromatic rings. The number of H-pyrrole nitrogens is 1. The molecule has 18 heavy (non-hydrogen) atoms. The predicted molar refractivity (Wildman–Crippen MR) is 69.4 cm³/mol. The molecule has 0 atom stereocenters. The smallest absolute Gasteiger partial charge is 0.201 e. The Hall–Kier alpha value is -2.88. The fourth-order valence-corrected chi connectivity index (χ4v) is 1.48. The molecule has 5 N–H and O–H groups in total. The number of aryl methyl sites for hydroxylation is 1. The van der Waals surface area contributed by atoms with Crippen molar-refractivity contribution in [2.24, 2.45) is 10.8 Å². The summed E-state index contributed by atoms with van der Waals surface area (Å²) in [6.45, 7) is 1.90. The molecule has 1 heterocycles. The Bertz CT molecular complexity index is 674. The van der Waals surface area contributed by atoms with Crippen LogP contribution in [0.5, 0.6) is 0 Å². The Morgan fingerprint density at radius 1 is 1.61 bits per heavy atom. The minimum atomic E-state index is -0.368.